The molecule has 1 N–H and O–H groups in total. The molecule has 1 atom stereocenters. The molecule has 0 bridgehead atoms. The summed E-state index contributed by atoms with van der Waals surface area (Å²) in [4.78, 5) is 10.8. The van der Waals surface area contributed by atoms with Crippen LogP contribution in [0.25, 0.3) is 0 Å². The molecule has 0 aliphatic rings. The lowest BCUT2D eigenvalue weighted by Gasteiger charge is -2.17. The summed E-state index contributed by atoms with van der Waals surface area (Å²) in [5.74, 6) is 1.16. The van der Waals surface area contributed by atoms with Crippen LogP contribution in [0.1, 0.15) is 153 Å². The van der Waals surface area contributed by atoms with Crippen molar-refractivity contribution in [1.82, 2.24) is 0 Å². The minimum Gasteiger partial charge on any atom is -0.507 e. The number of carbonyl (C=O) groups is 1. The fourth-order valence-electron chi connectivity index (χ4n) is 4.98. The second-order valence-electron chi connectivity index (χ2n) is 10.9. The molecule has 37 heavy (non-hydrogen) atoms. The summed E-state index contributed by atoms with van der Waals surface area (Å²) < 4.78 is 11.7. The Balaban J connectivity index is 2.22. The third-order valence-electron chi connectivity index (χ3n) is 7.41. The number of phenolic OH excluding ortho intramolecular Hbond substituents is 1. The van der Waals surface area contributed by atoms with Gasteiger partial charge in [0.15, 0.2) is 6.29 Å². The molecule has 1 unspecified atom stereocenters. The van der Waals surface area contributed by atoms with Gasteiger partial charge in [-0.3, -0.25) is 4.79 Å². The van der Waals surface area contributed by atoms with E-state index in [-0.39, 0.29) is 11.3 Å². The van der Waals surface area contributed by atoms with E-state index in [4.69, 9.17) is 9.47 Å². The molecule has 0 aliphatic heterocycles. The van der Waals surface area contributed by atoms with Gasteiger partial charge >= 0.3 is 0 Å². The molecule has 1 rings (SSSR count). The Morgan fingerprint density at radius 2 is 1.19 bits per heavy atom. The normalized spacial score (nSPS) is 12.1. The van der Waals surface area contributed by atoms with Crippen molar-refractivity contribution in [3.8, 4) is 11.5 Å². The molecule has 0 fully saturated rings. The van der Waals surface area contributed by atoms with Crippen LogP contribution in [-0.2, 0) is 4.74 Å². The van der Waals surface area contributed by atoms with Gasteiger partial charge in [0, 0.05) is 12.7 Å². The highest BCUT2D eigenvalue weighted by Crippen LogP contribution is 2.23. The Hall–Kier alpha value is -1.55. The molecular weight excluding hydrogens is 460 g/mol. The molecule has 1 aromatic carbocycles. The minimum atomic E-state index is -0.0460. The van der Waals surface area contributed by atoms with Gasteiger partial charge in [-0.05, 0) is 30.9 Å². The summed E-state index contributed by atoms with van der Waals surface area (Å²) in [6.07, 6.45) is 27.9. The molecule has 0 aliphatic carbocycles. The summed E-state index contributed by atoms with van der Waals surface area (Å²) in [6.45, 7) is 6.36. The van der Waals surface area contributed by atoms with Crippen molar-refractivity contribution in [1.29, 1.82) is 0 Å². The molecule has 0 saturated heterocycles. The van der Waals surface area contributed by atoms with E-state index in [2.05, 4.69) is 13.8 Å². The van der Waals surface area contributed by atoms with E-state index < -0.39 is 0 Å². The van der Waals surface area contributed by atoms with Gasteiger partial charge in [-0.15, -0.1) is 0 Å². The van der Waals surface area contributed by atoms with E-state index in [1.807, 2.05) is 0 Å². The van der Waals surface area contributed by atoms with E-state index in [0.717, 1.165) is 6.61 Å². The summed E-state index contributed by atoms with van der Waals surface area (Å²) in [6, 6.07) is 4.77. The number of phenols is 1. The highest BCUT2D eigenvalue weighted by atomic mass is 16.5. The first kappa shape index (κ1) is 33.5. The standard InChI is InChI=1S/C33H58O4/c1-3-5-7-9-11-13-14-16-18-20-22-30(21-19-17-15-12-10-8-6-4-2)29-36-25-26-37-32-24-23-31(28-34)33(35)27-32/h23-24,27-28,30,35H,3-22,25-26,29H2,1-2H3. The number of hydrogen-bond acceptors (Lipinski definition) is 4. The molecule has 4 nitrogen and oxygen atoms in total. The molecule has 0 spiro atoms. The van der Waals surface area contributed by atoms with Gasteiger partial charge in [-0.1, -0.05) is 129 Å². The molecule has 0 radical (unpaired) electrons. The number of ether oxygens (including phenoxy) is 2. The highest BCUT2D eigenvalue weighted by Gasteiger charge is 2.10. The quantitative estimate of drug-likeness (QED) is 0.0929. The zero-order valence-electron chi connectivity index (χ0n) is 24.3. The molecule has 4 heteroatoms. The van der Waals surface area contributed by atoms with Gasteiger partial charge in [0.25, 0.3) is 0 Å². The number of aromatic hydroxyl groups is 1. The lowest BCUT2D eigenvalue weighted by molar-refractivity contribution is 0.0677. The number of aldehydes is 1. The number of rotatable bonds is 27. The summed E-state index contributed by atoms with van der Waals surface area (Å²) in [5.41, 5.74) is 0.277. The van der Waals surface area contributed by atoms with E-state index in [1.54, 1.807) is 12.1 Å². The topological polar surface area (TPSA) is 55.8 Å². The van der Waals surface area contributed by atoms with Crippen molar-refractivity contribution in [2.24, 2.45) is 5.92 Å². The van der Waals surface area contributed by atoms with Crippen LogP contribution in [0.3, 0.4) is 0 Å². The maximum absolute atomic E-state index is 10.8. The lowest BCUT2D eigenvalue weighted by Crippen LogP contribution is -2.14. The Morgan fingerprint density at radius 1 is 0.703 bits per heavy atom. The van der Waals surface area contributed by atoms with E-state index in [1.165, 1.54) is 134 Å². The van der Waals surface area contributed by atoms with Crippen molar-refractivity contribution in [3.63, 3.8) is 0 Å². The molecule has 0 heterocycles. The first-order valence-corrected chi connectivity index (χ1v) is 15.7. The third kappa shape index (κ3) is 19.2. The lowest BCUT2D eigenvalue weighted by atomic mass is 9.94. The van der Waals surface area contributed by atoms with Crippen LogP contribution in [0.15, 0.2) is 18.2 Å². The van der Waals surface area contributed by atoms with Crippen molar-refractivity contribution in [3.05, 3.63) is 23.8 Å². The van der Waals surface area contributed by atoms with Gasteiger partial charge in [0.05, 0.1) is 12.2 Å². The van der Waals surface area contributed by atoms with Crippen LogP contribution in [-0.4, -0.2) is 31.2 Å². The van der Waals surface area contributed by atoms with Crippen LogP contribution in [0.2, 0.25) is 0 Å². The van der Waals surface area contributed by atoms with Crippen LogP contribution < -0.4 is 4.74 Å². The van der Waals surface area contributed by atoms with Crippen LogP contribution in [0.4, 0.5) is 0 Å². The van der Waals surface area contributed by atoms with Crippen LogP contribution in [0.5, 0.6) is 11.5 Å². The minimum absolute atomic E-state index is 0.0460. The van der Waals surface area contributed by atoms with Gasteiger partial charge in [0.2, 0.25) is 0 Å². The average molecular weight is 519 g/mol. The largest absolute Gasteiger partial charge is 0.507 e. The maximum atomic E-state index is 10.8. The Labute approximate surface area is 228 Å². The van der Waals surface area contributed by atoms with Crippen molar-refractivity contribution in [2.45, 2.75) is 142 Å². The average Bonchev–Trinajstić information content (AvgIpc) is 2.90. The predicted octanol–water partition coefficient (Wildman–Crippen LogP) is 10.1. The number of carbonyl (C=O) groups excluding carboxylic acids is 1. The van der Waals surface area contributed by atoms with Gasteiger partial charge in [0.1, 0.15) is 18.1 Å². The smallest absolute Gasteiger partial charge is 0.153 e. The second kappa shape index (κ2) is 24.8. The van der Waals surface area contributed by atoms with Crippen molar-refractivity contribution in [2.75, 3.05) is 19.8 Å². The molecule has 214 valence electrons. The number of benzene rings is 1. The molecule has 0 amide bonds. The number of unbranched alkanes of at least 4 members (excludes halogenated alkanes) is 16. The van der Waals surface area contributed by atoms with Crippen LogP contribution >= 0.6 is 0 Å². The van der Waals surface area contributed by atoms with Gasteiger partial charge in [-0.2, -0.15) is 0 Å². The maximum Gasteiger partial charge on any atom is 0.153 e. The Morgan fingerprint density at radius 3 is 1.65 bits per heavy atom. The zero-order chi connectivity index (χ0) is 26.8. The number of hydrogen-bond donors (Lipinski definition) is 1. The first-order valence-electron chi connectivity index (χ1n) is 15.7. The highest BCUT2D eigenvalue weighted by molar-refractivity contribution is 5.79. The fraction of sp³-hybridized carbons (Fsp3) is 0.788. The first-order chi connectivity index (χ1) is 18.2. The molecule has 1 aromatic rings. The monoisotopic (exact) mass is 518 g/mol. The van der Waals surface area contributed by atoms with Gasteiger partial charge < -0.3 is 14.6 Å². The van der Waals surface area contributed by atoms with Crippen molar-refractivity contribution < 1.29 is 19.4 Å². The Bertz CT molecular complexity index is 645. The Kier molecular flexibility index (Phi) is 22.4. The molecule has 0 saturated carbocycles. The predicted molar refractivity (Wildman–Crippen MR) is 157 cm³/mol. The van der Waals surface area contributed by atoms with Gasteiger partial charge in [-0.25, -0.2) is 0 Å². The summed E-state index contributed by atoms with van der Waals surface area (Å²) in [7, 11) is 0. The zero-order valence-corrected chi connectivity index (χ0v) is 24.3. The van der Waals surface area contributed by atoms with Crippen molar-refractivity contribution >= 4 is 6.29 Å². The second-order valence-corrected chi connectivity index (χ2v) is 10.9. The SMILES string of the molecule is CCCCCCCCCCCCC(CCCCCCCCCC)COCCOc1ccc(C=O)c(O)c1. The summed E-state index contributed by atoms with van der Waals surface area (Å²) in [5, 5.41) is 9.79. The van der Waals surface area contributed by atoms with E-state index >= 15 is 0 Å². The fourth-order valence-corrected chi connectivity index (χ4v) is 4.98. The third-order valence-corrected chi connectivity index (χ3v) is 7.41. The molecule has 0 aromatic heterocycles. The van der Waals surface area contributed by atoms with Crippen LogP contribution in [0, 0.1) is 5.92 Å². The van der Waals surface area contributed by atoms with E-state index in [0.29, 0.717) is 31.2 Å². The molecular formula is C33H58O4. The van der Waals surface area contributed by atoms with E-state index in [9.17, 15) is 9.90 Å². The summed E-state index contributed by atoms with van der Waals surface area (Å²) >= 11 is 0.